The SMILES string of the molecule is CN=C/C(=C\N)c1ccc(CN2C(=O)C(C)(C)c3ccccc32)c(F)c1. The minimum atomic E-state index is -0.611. The first kappa shape index (κ1) is 17.9. The first-order chi connectivity index (χ1) is 12.4. The van der Waals surface area contributed by atoms with Crippen LogP contribution in [0, 0.1) is 5.82 Å². The number of benzene rings is 2. The highest BCUT2D eigenvalue weighted by molar-refractivity contribution is 6.09. The molecule has 3 rings (SSSR count). The highest BCUT2D eigenvalue weighted by Crippen LogP contribution is 2.42. The van der Waals surface area contributed by atoms with Crippen molar-refractivity contribution in [2.75, 3.05) is 11.9 Å². The summed E-state index contributed by atoms with van der Waals surface area (Å²) in [6, 6.07) is 12.6. The van der Waals surface area contributed by atoms with Crippen LogP contribution in [0.5, 0.6) is 0 Å². The van der Waals surface area contributed by atoms with Gasteiger partial charge < -0.3 is 10.6 Å². The predicted octanol–water partition coefficient (Wildman–Crippen LogP) is 3.65. The summed E-state index contributed by atoms with van der Waals surface area (Å²) >= 11 is 0. The number of rotatable bonds is 4. The van der Waals surface area contributed by atoms with Gasteiger partial charge in [0.1, 0.15) is 5.82 Å². The third kappa shape index (κ3) is 2.90. The van der Waals surface area contributed by atoms with E-state index in [0.717, 1.165) is 11.3 Å². The Kier molecular flexibility index (Phi) is 4.64. The van der Waals surface area contributed by atoms with E-state index in [4.69, 9.17) is 5.73 Å². The smallest absolute Gasteiger partial charge is 0.237 e. The van der Waals surface area contributed by atoms with Crippen LogP contribution in [0.2, 0.25) is 0 Å². The molecule has 0 bridgehead atoms. The second-order valence-corrected chi connectivity index (χ2v) is 6.85. The molecule has 1 heterocycles. The molecule has 0 aliphatic carbocycles. The Hall–Kier alpha value is -2.95. The lowest BCUT2D eigenvalue weighted by Crippen LogP contribution is -2.35. The number of hydrogen-bond acceptors (Lipinski definition) is 3. The first-order valence-corrected chi connectivity index (χ1v) is 8.44. The Bertz CT molecular complexity index is 915. The van der Waals surface area contributed by atoms with Crippen LogP contribution in [0.1, 0.15) is 30.5 Å². The first-order valence-electron chi connectivity index (χ1n) is 8.44. The lowest BCUT2D eigenvalue weighted by molar-refractivity contribution is -0.122. The number of carbonyl (C=O) groups is 1. The number of hydrogen-bond donors (Lipinski definition) is 1. The minimum absolute atomic E-state index is 0.0252. The van der Waals surface area contributed by atoms with Gasteiger partial charge in [0.25, 0.3) is 0 Å². The van der Waals surface area contributed by atoms with E-state index >= 15 is 0 Å². The molecule has 2 aromatic carbocycles. The summed E-state index contributed by atoms with van der Waals surface area (Å²) in [5.41, 5.74) is 8.52. The van der Waals surface area contributed by atoms with Crippen LogP contribution >= 0.6 is 0 Å². The molecule has 1 aliphatic rings. The van der Waals surface area contributed by atoms with E-state index in [1.165, 1.54) is 12.3 Å². The average molecular weight is 351 g/mol. The molecule has 1 amide bonds. The highest BCUT2D eigenvalue weighted by Gasteiger charge is 2.43. The molecular weight excluding hydrogens is 329 g/mol. The average Bonchev–Trinajstić information content (AvgIpc) is 2.82. The van der Waals surface area contributed by atoms with Gasteiger partial charge >= 0.3 is 0 Å². The van der Waals surface area contributed by atoms with Gasteiger partial charge in [-0.3, -0.25) is 9.79 Å². The molecule has 0 aromatic heterocycles. The maximum Gasteiger partial charge on any atom is 0.237 e. The maximum absolute atomic E-state index is 14.7. The summed E-state index contributed by atoms with van der Waals surface area (Å²) in [4.78, 5) is 18.4. The van der Waals surface area contributed by atoms with Crippen molar-refractivity contribution < 1.29 is 9.18 Å². The molecule has 134 valence electrons. The molecule has 0 radical (unpaired) electrons. The number of nitrogens with two attached hydrogens (primary N) is 1. The van der Waals surface area contributed by atoms with E-state index in [1.807, 2.05) is 38.1 Å². The summed E-state index contributed by atoms with van der Waals surface area (Å²) in [7, 11) is 1.63. The minimum Gasteiger partial charge on any atom is -0.404 e. The lowest BCUT2D eigenvalue weighted by Gasteiger charge is -2.21. The molecule has 0 saturated carbocycles. The van der Waals surface area contributed by atoms with Crippen molar-refractivity contribution in [3.63, 3.8) is 0 Å². The fraction of sp³-hybridized carbons (Fsp3) is 0.238. The molecule has 0 unspecified atom stereocenters. The Labute approximate surface area is 152 Å². The van der Waals surface area contributed by atoms with Crippen molar-refractivity contribution in [1.29, 1.82) is 0 Å². The summed E-state index contributed by atoms with van der Waals surface area (Å²) in [6.07, 6.45) is 2.97. The van der Waals surface area contributed by atoms with Crippen LogP contribution in [0.4, 0.5) is 10.1 Å². The van der Waals surface area contributed by atoms with E-state index in [9.17, 15) is 9.18 Å². The number of amides is 1. The molecule has 2 N–H and O–H groups in total. The van der Waals surface area contributed by atoms with Crippen LogP contribution in [0.25, 0.3) is 5.57 Å². The molecule has 0 atom stereocenters. The third-order valence-electron chi connectivity index (χ3n) is 4.81. The van der Waals surface area contributed by atoms with Crippen molar-refractivity contribution in [1.82, 2.24) is 0 Å². The molecule has 0 fully saturated rings. The van der Waals surface area contributed by atoms with Crippen molar-refractivity contribution in [3.8, 4) is 0 Å². The zero-order chi connectivity index (χ0) is 18.9. The van der Waals surface area contributed by atoms with Gasteiger partial charge in [0, 0.05) is 36.3 Å². The van der Waals surface area contributed by atoms with Gasteiger partial charge in [0.2, 0.25) is 5.91 Å². The van der Waals surface area contributed by atoms with Crippen LogP contribution < -0.4 is 10.6 Å². The van der Waals surface area contributed by atoms with Gasteiger partial charge in [-0.25, -0.2) is 4.39 Å². The number of allylic oxidation sites excluding steroid dienone is 1. The Morgan fingerprint density at radius 2 is 2.00 bits per heavy atom. The van der Waals surface area contributed by atoms with E-state index in [-0.39, 0.29) is 18.3 Å². The van der Waals surface area contributed by atoms with Gasteiger partial charge in [0.15, 0.2) is 0 Å². The molecule has 1 aliphatic heterocycles. The van der Waals surface area contributed by atoms with Crippen LogP contribution in [0.3, 0.4) is 0 Å². The molecule has 4 nitrogen and oxygen atoms in total. The molecular formula is C21H22FN3O. The number of fused-ring (bicyclic) bond motifs is 1. The topological polar surface area (TPSA) is 58.7 Å². The van der Waals surface area contributed by atoms with E-state index < -0.39 is 5.41 Å². The predicted molar refractivity (Wildman–Crippen MR) is 104 cm³/mol. The van der Waals surface area contributed by atoms with Gasteiger partial charge in [-0.05, 0) is 37.1 Å². The Balaban J connectivity index is 1.94. The van der Waals surface area contributed by atoms with Crippen molar-refractivity contribution in [2.24, 2.45) is 10.7 Å². The van der Waals surface area contributed by atoms with Crippen molar-refractivity contribution >= 4 is 23.4 Å². The number of halogens is 1. The van der Waals surface area contributed by atoms with Gasteiger partial charge in [-0.1, -0.05) is 30.3 Å². The summed E-state index contributed by atoms with van der Waals surface area (Å²) in [6.45, 7) is 3.99. The van der Waals surface area contributed by atoms with E-state index in [1.54, 1.807) is 30.3 Å². The molecule has 26 heavy (non-hydrogen) atoms. The third-order valence-corrected chi connectivity index (χ3v) is 4.81. The Morgan fingerprint density at radius 1 is 1.27 bits per heavy atom. The number of carbonyl (C=O) groups excluding carboxylic acids is 1. The van der Waals surface area contributed by atoms with Gasteiger partial charge in [-0.15, -0.1) is 0 Å². The fourth-order valence-corrected chi connectivity index (χ4v) is 3.33. The van der Waals surface area contributed by atoms with Crippen molar-refractivity contribution in [2.45, 2.75) is 25.8 Å². The van der Waals surface area contributed by atoms with E-state index in [2.05, 4.69) is 4.99 Å². The number of anilines is 1. The molecule has 0 spiro atoms. The monoisotopic (exact) mass is 351 g/mol. The Morgan fingerprint density at radius 3 is 2.65 bits per heavy atom. The van der Waals surface area contributed by atoms with Crippen LogP contribution in [-0.4, -0.2) is 19.2 Å². The van der Waals surface area contributed by atoms with Gasteiger partial charge in [0.05, 0.1) is 12.0 Å². The standard InChI is InChI=1S/C21H22FN3O/c1-21(2)17-6-4-5-7-19(17)25(20(21)26)13-15-9-8-14(10-18(15)22)16(11-23)12-24-3/h4-12H,13,23H2,1-3H3/b16-11+,24-12?. The molecule has 0 saturated heterocycles. The lowest BCUT2D eigenvalue weighted by atomic mass is 9.86. The largest absolute Gasteiger partial charge is 0.404 e. The molecule has 5 heteroatoms. The quantitative estimate of drug-likeness (QED) is 0.855. The highest BCUT2D eigenvalue weighted by atomic mass is 19.1. The zero-order valence-corrected chi connectivity index (χ0v) is 15.2. The second-order valence-electron chi connectivity index (χ2n) is 6.85. The van der Waals surface area contributed by atoms with Gasteiger partial charge in [-0.2, -0.15) is 0 Å². The number of aliphatic imine (C=N–C) groups is 1. The maximum atomic E-state index is 14.7. The molecule has 2 aromatic rings. The second kappa shape index (κ2) is 6.75. The summed E-state index contributed by atoms with van der Waals surface area (Å²) in [5.74, 6) is -0.399. The van der Waals surface area contributed by atoms with Crippen LogP contribution in [0.15, 0.2) is 53.7 Å². The number of para-hydroxylation sites is 1. The number of nitrogens with zero attached hydrogens (tertiary/aromatic N) is 2. The normalized spacial score (nSPS) is 16.4. The van der Waals surface area contributed by atoms with E-state index in [0.29, 0.717) is 16.7 Å². The fourth-order valence-electron chi connectivity index (χ4n) is 3.33. The zero-order valence-electron chi connectivity index (χ0n) is 15.2. The van der Waals surface area contributed by atoms with Crippen molar-refractivity contribution in [3.05, 3.63) is 71.2 Å². The summed E-state index contributed by atoms with van der Waals surface area (Å²) in [5, 5.41) is 0. The summed E-state index contributed by atoms with van der Waals surface area (Å²) < 4.78 is 14.7. The van der Waals surface area contributed by atoms with Crippen LogP contribution in [-0.2, 0) is 16.8 Å².